The first-order valence-corrected chi connectivity index (χ1v) is 15.9. The summed E-state index contributed by atoms with van der Waals surface area (Å²) in [6.45, 7) is 0. The quantitative estimate of drug-likeness (QED) is 0.189. The fourth-order valence-corrected chi connectivity index (χ4v) is 7.13. The second-order valence-corrected chi connectivity index (χ2v) is 12.4. The maximum atomic E-state index is 10.4. The number of phenols is 2. The van der Waals surface area contributed by atoms with Crippen LogP contribution in [0.15, 0.2) is 155 Å². The smallest absolute Gasteiger partial charge is 0.124 e. The second kappa shape index (κ2) is 11.8. The third-order valence-electron chi connectivity index (χ3n) is 8.07. The van der Waals surface area contributed by atoms with Crippen molar-refractivity contribution in [1.29, 1.82) is 0 Å². The zero-order valence-electron chi connectivity index (χ0n) is 23.5. The van der Waals surface area contributed by atoms with E-state index >= 15 is 0 Å². The normalized spacial score (nSPS) is 11.1. The summed E-state index contributed by atoms with van der Waals surface area (Å²) in [6, 6.07) is 48.5. The maximum absolute atomic E-state index is 10.4. The molecule has 0 bridgehead atoms. The molecule has 8 aromatic carbocycles. The molecule has 44 heavy (non-hydrogen) atoms. The van der Waals surface area contributed by atoms with Gasteiger partial charge in [0.25, 0.3) is 0 Å². The Bertz CT molecular complexity index is 2010. The van der Waals surface area contributed by atoms with Crippen LogP contribution in [0.3, 0.4) is 0 Å². The molecule has 0 aliphatic heterocycles. The molecule has 0 radical (unpaired) electrons. The van der Waals surface area contributed by atoms with Gasteiger partial charge in [0.1, 0.15) is 11.5 Å². The van der Waals surface area contributed by atoms with Crippen molar-refractivity contribution in [2.24, 2.45) is 0 Å². The number of halogens is 2. The third kappa shape index (κ3) is 5.00. The molecule has 212 valence electrons. The lowest BCUT2D eigenvalue weighted by Crippen LogP contribution is -1.87. The van der Waals surface area contributed by atoms with Crippen molar-refractivity contribution >= 4 is 74.9 Å². The lowest BCUT2D eigenvalue weighted by Gasteiger charge is -2.14. The third-order valence-corrected chi connectivity index (χ3v) is 9.39. The summed E-state index contributed by atoms with van der Waals surface area (Å²) in [4.78, 5) is 0. The van der Waals surface area contributed by atoms with Gasteiger partial charge in [-0.3, -0.25) is 0 Å². The van der Waals surface area contributed by atoms with Gasteiger partial charge >= 0.3 is 0 Å². The van der Waals surface area contributed by atoms with Gasteiger partial charge in [-0.15, -0.1) is 0 Å². The van der Waals surface area contributed by atoms with Crippen molar-refractivity contribution in [3.8, 4) is 33.8 Å². The van der Waals surface area contributed by atoms with Crippen molar-refractivity contribution in [3.63, 3.8) is 0 Å². The molecule has 0 aliphatic carbocycles. The van der Waals surface area contributed by atoms with Crippen LogP contribution in [0.5, 0.6) is 11.5 Å². The molecule has 2 N–H and O–H groups in total. The highest BCUT2D eigenvalue weighted by Crippen LogP contribution is 2.45. The van der Waals surface area contributed by atoms with E-state index in [1.807, 2.05) is 60.7 Å². The van der Waals surface area contributed by atoms with Gasteiger partial charge in [-0.25, -0.2) is 0 Å². The summed E-state index contributed by atoms with van der Waals surface area (Å²) in [5.74, 6) is 0.343. The predicted molar refractivity (Wildman–Crippen MR) is 193 cm³/mol. The van der Waals surface area contributed by atoms with Crippen molar-refractivity contribution in [2.75, 3.05) is 0 Å². The van der Waals surface area contributed by atoms with E-state index in [9.17, 15) is 10.2 Å². The van der Waals surface area contributed by atoms with E-state index in [0.717, 1.165) is 30.5 Å². The Kier molecular flexibility index (Phi) is 7.55. The van der Waals surface area contributed by atoms with Crippen molar-refractivity contribution < 1.29 is 10.2 Å². The Balaban J connectivity index is 0.000000142. The molecular formula is C40H26Br2O2. The fourth-order valence-electron chi connectivity index (χ4n) is 6.04. The second-order valence-electron chi connectivity index (χ2n) is 10.6. The van der Waals surface area contributed by atoms with Crippen LogP contribution in [0.25, 0.3) is 65.3 Å². The molecule has 0 fully saturated rings. The molecule has 8 rings (SSSR count). The molecule has 0 aromatic heterocycles. The summed E-state index contributed by atoms with van der Waals surface area (Å²) in [6.07, 6.45) is 0. The number of rotatable bonds is 2. The lowest BCUT2D eigenvalue weighted by atomic mass is 9.92. The maximum Gasteiger partial charge on any atom is 0.124 e. The zero-order valence-corrected chi connectivity index (χ0v) is 26.7. The van der Waals surface area contributed by atoms with Gasteiger partial charge in [-0.1, -0.05) is 153 Å². The summed E-state index contributed by atoms with van der Waals surface area (Å²) in [5, 5.41) is 29.8. The molecule has 0 spiro atoms. The van der Waals surface area contributed by atoms with Gasteiger partial charge in [0.05, 0.1) is 0 Å². The first-order valence-electron chi connectivity index (χ1n) is 14.3. The van der Waals surface area contributed by atoms with Crippen LogP contribution in [-0.2, 0) is 0 Å². The van der Waals surface area contributed by atoms with E-state index in [1.54, 1.807) is 12.1 Å². The van der Waals surface area contributed by atoms with Gasteiger partial charge in [0.15, 0.2) is 0 Å². The van der Waals surface area contributed by atoms with Crippen molar-refractivity contribution in [3.05, 3.63) is 155 Å². The average molecular weight is 698 g/mol. The van der Waals surface area contributed by atoms with E-state index in [1.165, 1.54) is 32.7 Å². The lowest BCUT2D eigenvalue weighted by molar-refractivity contribution is 0.470. The van der Waals surface area contributed by atoms with Gasteiger partial charge < -0.3 is 10.2 Å². The highest BCUT2D eigenvalue weighted by Gasteiger charge is 2.17. The number of phenolic OH excluding ortho intramolecular Hbond substituents is 2. The monoisotopic (exact) mass is 696 g/mol. The molecule has 8 aromatic rings. The summed E-state index contributed by atoms with van der Waals surface area (Å²) in [5.41, 5.74) is 3.82. The first kappa shape index (κ1) is 28.1. The van der Waals surface area contributed by atoms with Crippen LogP contribution >= 0.6 is 31.9 Å². The van der Waals surface area contributed by atoms with Crippen LogP contribution in [-0.4, -0.2) is 10.2 Å². The number of benzene rings is 8. The molecule has 4 heteroatoms. The summed E-state index contributed by atoms with van der Waals surface area (Å²) >= 11 is 7.51. The average Bonchev–Trinajstić information content (AvgIpc) is 3.06. The number of aromatic hydroxyl groups is 2. The Hall–Kier alpha value is -4.64. The Labute approximate surface area is 272 Å². The minimum atomic E-state index is 0.172. The molecule has 0 amide bonds. The Morgan fingerprint density at radius 1 is 0.295 bits per heavy atom. The molecule has 0 aliphatic rings. The van der Waals surface area contributed by atoms with E-state index < -0.39 is 0 Å². The van der Waals surface area contributed by atoms with Crippen molar-refractivity contribution in [1.82, 2.24) is 0 Å². The number of hydrogen-bond donors (Lipinski definition) is 2. The molecule has 2 nitrogen and oxygen atoms in total. The van der Waals surface area contributed by atoms with Crippen LogP contribution in [0, 0.1) is 0 Å². The van der Waals surface area contributed by atoms with Gasteiger partial charge in [0.2, 0.25) is 0 Å². The molecule has 0 saturated carbocycles. The molecule has 0 saturated heterocycles. The van der Waals surface area contributed by atoms with Crippen LogP contribution in [0.4, 0.5) is 0 Å². The van der Waals surface area contributed by atoms with E-state index in [2.05, 4.69) is 105 Å². The predicted octanol–water partition coefficient (Wildman–Crippen LogP) is 12.3. The Morgan fingerprint density at radius 2 is 0.568 bits per heavy atom. The minimum absolute atomic E-state index is 0.172. The first-order chi connectivity index (χ1) is 21.5. The topological polar surface area (TPSA) is 40.5 Å². The van der Waals surface area contributed by atoms with E-state index in [-0.39, 0.29) is 11.5 Å². The highest BCUT2D eigenvalue weighted by atomic mass is 79.9. The highest BCUT2D eigenvalue weighted by molar-refractivity contribution is 9.11. The van der Waals surface area contributed by atoms with E-state index in [0.29, 0.717) is 11.1 Å². The number of hydrogen-bond acceptors (Lipinski definition) is 2. The van der Waals surface area contributed by atoms with Crippen LogP contribution in [0.1, 0.15) is 0 Å². The van der Waals surface area contributed by atoms with Gasteiger partial charge in [-0.05, 0) is 67.4 Å². The summed E-state index contributed by atoms with van der Waals surface area (Å²) in [7, 11) is 0. The molecular weight excluding hydrogens is 672 g/mol. The van der Waals surface area contributed by atoms with Gasteiger partial charge in [0, 0.05) is 31.2 Å². The van der Waals surface area contributed by atoms with E-state index in [4.69, 9.17) is 0 Å². The molecule has 0 atom stereocenters. The fraction of sp³-hybridized carbons (Fsp3) is 0. The van der Waals surface area contributed by atoms with Gasteiger partial charge in [-0.2, -0.15) is 0 Å². The molecule has 0 heterocycles. The van der Waals surface area contributed by atoms with Crippen LogP contribution in [0.2, 0.25) is 0 Å². The minimum Gasteiger partial charge on any atom is -0.507 e. The Morgan fingerprint density at radius 3 is 0.909 bits per heavy atom. The summed E-state index contributed by atoms with van der Waals surface area (Å²) < 4.78 is 2.23. The standard InChI is InChI=1S/C20H12Br2.C20H14O2/c2*21-17-11-9-13-5-1-3-7-15(13)19(17)20-16-8-4-2-6-14(16)10-12-18(20)22/h1-12H;1-12,21-22H. The van der Waals surface area contributed by atoms with Crippen LogP contribution < -0.4 is 0 Å². The number of fused-ring (bicyclic) bond motifs is 4. The molecule has 0 unspecified atom stereocenters. The SMILES string of the molecule is Brc1ccc2ccccc2c1-c1c(Br)ccc2ccccc12.Oc1ccc2ccccc2c1-c1c(O)ccc2ccccc12. The zero-order chi connectivity index (χ0) is 30.2. The largest absolute Gasteiger partial charge is 0.507 e. The van der Waals surface area contributed by atoms with Crippen molar-refractivity contribution in [2.45, 2.75) is 0 Å².